The van der Waals surface area contributed by atoms with Crippen LogP contribution in [0.2, 0.25) is 0 Å². The van der Waals surface area contributed by atoms with Gasteiger partial charge in [-0.15, -0.1) is 0 Å². The number of nitrogens with one attached hydrogen (secondary N) is 1. The number of benzene rings is 1. The Bertz CT molecular complexity index is 1400. The topological polar surface area (TPSA) is 110 Å². The normalized spacial score (nSPS) is 18.9. The molecule has 1 aromatic heterocycles. The van der Waals surface area contributed by atoms with E-state index in [1.807, 2.05) is 0 Å². The van der Waals surface area contributed by atoms with Crippen molar-refractivity contribution in [2.24, 2.45) is 5.92 Å². The maximum atomic E-state index is 13.1. The molecule has 0 saturated heterocycles. The Morgan fingerprint density at radius 1 is 1.00 bits per heavy atom. The molecule has 2 aromatic rings. The van der Waals surface area contributed by atoms with E-state index >= 15 is 0 Å². The molecule has 1 fully saturated rings. The van der Waals surface area contributed by atoms with Crippen LogP contribution in [0.1, 0.15) is 48.3 Å². The number of halogens is 6. The summed E-state index contributed by atoms with van der Waals surface area (Å²) in [4.78, 5) is 14.7. The van der Waals surface area contributed by atoms with Crippen molar-refractivity contribution in [1.29, 1.82) is 0 Å². The Balaban J connectivity index is 1.71. The zero-order chi connectivity index (χ0) is 28.0. The van der Waals surface area contributed by atoms with E-state index < -0.39 is 81.0 Å². The van der Waals surface area contributed by atoms with Gasteiger partial charge in [0, 0.05) is 12.7 Å². The first-order valence-electron chi connectivity index (χ1n) is 10.9. The number of alkyl halides is 6. The van der Waals surface area contributed by atoms with Gasteiger partial charge in [-0.2, -0.15) is 26.3 Å². The number of rotatable bonds is 7. The molecule has 0 bridgehead atoms. The molecule has 0 radical (unpaired) electrons. The number of hydrogen-bond acceptors (Lipinski definition) is 6. The van der Waals surface area contributed by atoms with Crippen molar-refractivity contribution in [1.82, 2.24) is 10.3 Å². The molecule has 0 unspecified atom stereocenters. The number of sulfone groups is 2. The number of hydrogen-bond donors (Lipinski definition) is 1. The molecule has 15 heteroatoms. The number of nitrogens with zero attached hydrogens (tertiary/aromatic N) is 1. The van der Waals surface area contributed by atoms with Crippen molar-refractivity contribution in [2.45, 2.75) is 59.3 Å². The summed E-state index contributed by atoms with van der Waals surface area (Å²) < 4.78 is 129. The van der Waals surface area contributed by atoms with Crippen molar-refractivity contribution in [2.75, 3.05) is 6.54 Å². The molecule has 1 saturated carbocycles. The average molecular weight is 573 g/mol. The third-order valence-corrected chi connectivity index (χ3v) is 10.3. The lowest BCUT2D eigenvalue weighted by Crippen LogP contribution is -2.42. The minimum atomic E-state index is -4.89. The van der Waals surface area contributed by atoms with Gasteiger partial charge >= 0.3 is 12.4 Å². The summed E-state index contributed by atoms with van der Waals surface area (Å²) in [5, 5.41) is 0.233. The van der Waals surface area contributed by atoms with E-state index in [2.05, 4.69) is 10.3 Å². The maximum absolute atomic E-state index is 13.1. The summed E-state index contributed by atoms with van der Waals surface area (Å²) in [6, 6.07) is 3.70. The summed E-state index contributed by atoms with van der Waals surface area (Å²) in [5.74, 6) is -1.47. The monoisotopic (exact) mass is 572 g/mol. The van der Waals surface area contributed by atoms with Crippen molar-refractivity contribution in [3.63, 3.8) is 0 Å². The molecule has 0 atom stereocenters. The van der Waals surface area contributed by atoms with Crippen LogP contribution in [0.3, 0.4) is 0 Å². The van der Waals surface area contributed by atoms with Gasteiger partial charge in [0.05, 0.1) is 31.4 Å². The van der Waals surface area contributed by atoms with Gasteiger partial charge in [-0.05, 0) is 56.9 Å². The fraction of sp³-hybridized carbons (Fsp3) is 0.455. The molecule has 0 spiro atoms. The fourth-order valence-electron chi connectivity index (χ4n) is 3.70. The Labute approximate surface area is 209 Å². The van der Waals surface area contributed by atoms with Crippen LogP contribution in [-0.4, -0.2) is 44.8 Å². The third-order valence-electron chi connectivity index (χ3n) is 5.99. The predicted molar refractivity (Wildman–Crippen MR) is 119 cm³/mol. The molecule has 7 nitrogen and oxygen atoms in total. The quantitative estimate of drug-likeness (QED) is 0.496. The Morgan fingerprint density at radius 3 is 2.14 bits per heavy atom. The standard InChI is InChI=1S/C22H22F6N2O5S2/c1-12(2)36(32,33)18-9-15(22(26,27)28)11-29-19(18)20(31)30-10-13-6-17(7-13)37(34,35)16-5-3-4-14(8-16)21(23,24)25/h3-5,8-9,11-13,17H,6-7,10H2,1-2H3,(H,30,31). The molecule has 1 aliphatic rings. The lowest BCUT2D eigenvalue weighted by molar-refractivity contribution is -0.138. The summed E-state index contributed by atoms with van der Waals surface area (Å²) in [6.07, 6.45) is -9.25. The van der Waals surface area contributed by atoms with E-state index in [1.165, 1.54) is 13.8 Å². The Morgan fingerprint density at radius 2 is 1.59 bits per heavy atom. The first-order chi connectivity index (χ1) is 16.8. The average Bonchev–Trinajstić information content (AvgIpc) is 2.76. The van der Waals surface area contributed by atoms with Gasteiger partial charge in [-0.3, -0.25) is 4.79 Å². The van der Waals surface area contributed by atoms with Crippen LogP contribution in [0.15, 0.2) is 46.3 Å². The number of aromatic nitrogens is 1. The highest BCUT2D eigenvalue weighted by atomic mass is 32.2. The summed E-state index contributed by atoms with van der Waals surface area (Å²) in [6.45, 7) is 2.32. The second kappa shape index (κ2) is 9.89. The molecular weight excluding hydrogens is 550 g/mol. The molecule has 1 aliphatic carbocycles. The van der Waals surface area contributed by atoms with E-state index in [-0.39, 0.29) is 19.4 Å². The van der Waals surface area contributed by atoms with Gasteiger partial charge in [-0.1, -0.05) is 6.07 Å². The minimum Gasteiger partial charge on any atom is -0.350 e. The first kappa shape index (κ1) is 28.9. The van der Waals surface area contributed by atoms with Gasteiger partial charge < -0.3 is 5.32 Å². The van der Waals surface area contributed by atoms with E-state index in [0.717, 1.165) is 18.2 Å². The van der Waals surface area contributed by atoms with Gasteiger partial charge in [0.25, 0.3) is 5.91 Å². The number of pyridine rings is 1. The van der Waals surface area contributed by atoms with E-state index in [4.69, 9.17) is 0 Å². The molecular formula is C22H22F6N2O5S2. The molecule has 1 amide bonds. The van der Waals surface area contributed by atoms with Crippen LogP contribution in [0, 0.1) is 5.92 Å². The van der Waals surface area contributed by atoms with Gasteiger partial charge in [-0.25, -0.2) is 21.8 Å². The SMILES string of the molecule is CC(C)S(=O)(=O)c1cc(C(F)(F)F)cnc1C(=O)NCC1CC(S(=O)(=O)c2cccc(C(F)(F)F)c2)C1. The fourth-order valence-corrected chi connectivity index (χ4v) is 6.91. The lowest BCUT2D eigenvalue weighted by atomic mass is 9.85. The van der Waals surface area contributed by atoms with Crippen molar-refractivity contribution in [3.8, 4) is 0 Å². The Hall–Kier alpha value is -2.68. The second-order valence-corrected chi connectivity index (χ2v) is 13.6. The number of amides is 1. The third kappa shape index (κ3) is 6.08. The van der Waals surface area contributed by atoms with Crippen LogP contribution >= 0.6 is 0 Å². The molecule has 204 valence electrons. The van der Waals surface area contributed by atoms with E-state index in [0.29, 0.717) is 18.3 Å². The molecule has 1 N–H and O–H groups in total. The van der Waals surface area contributed by atoms with Crippen molar-refractivity contribution < 1.29 is 48.0 Å². The summed E-state index contributed by atoms with van der Waals surface area (Å²) >= 11 is 0. The van der Waals surface area contributed by atoms with Gasteiger partial charge in [0.15, 0.2) is 19.7 Å². The largest absolute Gasteiger partial charge is 0.417 e. The van der Waals surface area contributed by atoms with E-state index in [1.54, 1.807) is 0 Å². The minimum absolute atomic E-state index is 0.0104. The summed E-state index contributed by atoms with van der Waals surface area (Å²) in [7, 11) is -8.40. The van der Waals surface area contributed by atoms with Crippen LogP contribution in [0.25, 0.3) is 0 Å². The highest BCUT2D eigenvalue weighted by Crippen LogP contribution is 2.38. The zero-order valence-electron chi connectivity index (χ0n) is 19.4. The van der Waals surface area contributed by atoms with Crippen LogP contribution in [0.5, 0.6) is 0 Å². The smallest absolute Gasteiger partial charge is 0.350 e. The van der Waals surface area contributed by atoms with Crippen LogP contribution < -0.4 is 5.32 Å². The summed E-state index contributed by atoms with van der Waals surface area (Å²) in [5.41, 5.74) is -3.17. The molecule has 0 aliphatic heterocycles. The number of carbonyl (C=O) groups excluding carboxylic acids is 1. The van der Waals surface area contributed by atoms with Gasteiger partial charge in [0.1, 0.15) is 5.69 Å². The van der Waals surface area contributed by atoms with Crippen LogP contribution in [0.4, 0.5) is 26.3 Å². The highest BCUT2D eigenvalue weighted by Gasteiger charge is 2.41. The predicted octanol–water partition coefficient (Wildman–Crippen LogP) is 4.28. The Kier molecular flexibility index (Phi) is 7.72. The second-order valence-electron chi connectivity index (χ2n) is 8.90. The molecule has 37 heavy (non-hydrogen) atoms. The first-order valence-corrected chi connectivity index (χ1v) is 13.9. The number of carbonyl (C=O) groups is 1. The van der Waals surface area contributed by atoms with Crippen LogP contribution in [-0.2, 0) is 32.0 Å². The maximum Gasteiger partial charge on any atom is 0.417 e. The molecule has 1 aromatic carbocycles. The molecule has 1 heterocycles. The zero-order valence-corrected chi connectivity index (χ0v) is 21.0. The van der Waals surface area contributed by atoms with E-state index in [9.17, 15) is 48.0 Å². The van der Waals surface area contributed by atoms with Gasteiger partial charge in [0.2, 0.25) is 0 Å². The van der Waals surface area contributed by atoms with Crippen molar-refractivity contribution >= 4 is 25.6 Å². The molecule has 3 rings (SSSR count). The van der Waals surface area contributed by atoms with Crippen molar-refractivity contribution in [3.05, 3.63) is 53.3 Å². The lowest BCUT2D eigenvalue weighted by Gasteiger charge is -2.35. The highest BCUT2D eigenvalue weighted by molar-refractivity contribution is 7.92.